The minimum atomic E-state index is -0.0597. The molecule has 0 saturated carbocycles. The normalized spacial score (nSPS) is 10.9. The van der Waals surface area contributed by atoms with Gasteiger partial charge in [-0.1, -0.05) is 48.5 Å². The Morgan fingerprint density at radius 2 is 1.50 bits per heavy atom. The molecule has 3 rings (SSSR count). The van der Waals surface area contributed by atoms with Gasteiger partial charge in [0.1, 0.15) is 0 Å². The highest BCUT2D eigenvalue weighted by Crippen LogP contribution is 2.38. The fourth-order valence-electron chi connectivity index (χ4n) is 2.90. The van der Waals surface area contributed by atoms with E-state index in [9.17, 15) is 4.79 Å². The summed E-state index contributed by atoms with van der Waals surface area (Å²) in [5, 5.41) is 1.98. The number of fused-ring (bicyclic) bond motifs is 1. The summed E-state index contributed by atoms with van der Waals surface area (Å²) in [5.74, 6) is 1.55. The molecule has 0 fully saturated rings. The van der Waals surface area contributed by atoms with Crippen LogP contribution < -0.4 is 14.2 Å². The number of hydrogen-bond acceptors (Lipinski definition) is 4. The topological polar surface area (TPSA) is 44.8 Å². The predicted octanol–water partition coefficient (Wildman–Crippen LogP) is 4.76. The van der Waals surface area contributed by atoms with E-state index in [2.05, 4.69) is 0 Å². The SMILES string of the molecule is COc1cc(/C=C/C(=O)c2cccc3ccccc23)cc(OC)c1OC. The van der Waals surface area contributed by atoms with Crippen molar-refractivity contribution >= 4 is 22.6 Å². The summed E-state index contributed by atoms with van der Waals surface area (Å²) in [6.45, 7) is 0. The fraction of sp³-hybridized carbons (Fsp3) is 0.136. The third kappa shape index (κ3) is 3.40. The molecule has 0 bridgehead atoms. The summed E-state index contributed by atoms with van der Waals surface area (Å²) < 4.78 is 16.0. The standard InChI is InChI=1S/C22H20O4/c1-24-20-13-15(14-21(25-2)22(20)26-3)11-12-19(23)18-10-6-8-16-7-4-5-9-17(16)18/h4-14H,1-3H3/b12-11+. The Kier molecular flexibility index (Phi) is 5.23. The number of methoxy groups -OCH3 is 3. The summed E-state index contributed by atoms with van der Waals surface area (Å²) in [7, 11) is 4.68. The zero-order chi connectivity index (χ0) is 18.5. The van der Waals surface area contributed by atoms with Crippen LogP contribution in [0.25, 0.3) is 16.8 Å². The van der Waals surface area contributed by atoms with Crippen molar-refractivity contribution in [2.45, 2.75) is 0 Å². The highest BCUT2D eigenvalue weighted by Gasteiger charge is 2.12. The summed E-state index contributed by atoms with van der Waals surface area (Å²) in [6, 6.07) is 17.2. The second-order valence-corrected chi connectivity index (χ2v) is 5.68. The molecule has 0 aromatic heterocycles. The lowest BCUT2D eigenvalue weighted by Gasteiger charge is -2.12. The molecule has 132 valence electrons. The number of rotatable bonds is 6. The highest BCUT2D eigenvalue weighted by molar-refractivity contribution is 6.14. The van der Waals surface area contributed by atoms with E-state index in [1.807, 2.05) is 42.5 Å². The first-order chi connectivity index (χ1) is 12.7. The van der Waals surface area contributed by atoms with Crippen LogP contribution in [0.15, 0.2) is 60.7 Å². The van der Waals surface area contributed by atoms with Gasteiger partial charge in [0.05, 0.1) is 21.3 Å². The lowest BCUT2D eigenvalue weighted by molar-refractivity contribution is 0.104. The summed E-state index contributed by atoms with van der Waals surface area (Å²) in [5.41, 5.74) is 1.46. The largest absolute Gasteiger partial charge is 0.493 e. The molecule has 0 aliphatic carbocycles. The van der Waals surface area contributed by atoms with Crippen molar-refractivity contribution in [1.29, 1.82) is 0 Å². The second-order valence-electron chi connectivity index (χ2n) is 5.68. The molecular weight excluding hydrogens is 328 g/mol. The van der Waals surface area contributed by atoms with Gasteiger partial charge in [-0.3, -0.25) is 4.79 Å². The quantitative estimate of drug-likeness (QED) is 0.476. The van der Waals surface area contributed by atoms with E-state index in [1.165, 1.54) is 0 Å². The van der Waals surface area contributed by atoms with Crippen molar-refractivity contribution in [3.05, 3.63) is 71.8 Å². The van der Waals surface area contributed by atoms with E-state index >= 15 is 0 Å². The van der Waals surface area contributed by atoms with E-state index in [0.717, 1.165) is 16.3 Å². The Morgan fingerprint density at radius 1 is 0.846 bits per heavy atom. The van der Waals surface area contributed by atoms with Gasteiger partial charge in [-0.25, -0.2) is 0 Å². The number of carbonyl (C=O) groups excluding carboxylic acids is 1. The van der Waals surface area contributed by atoms with E-state index in [1.54, 1.807) is 45.6 Å². The minimum absolute atomic E-state index is 0.0597. The minimum Gasteiger partial charge on any atom is -0.493 e. The molecule has 0 saturated heterocycles. The van der Waals surface area contributed by atoms with Crippen molar-refractivity contribution in [2.24, 2.45) is 0 Å². The number of ether oxygens (including phenoxy) is 3. The van der Waals surface area contributed by atoms with Crippen LogP contribution in [0.3, 0.4) is 0 Å². The van der Waals surface area contributed by atoms with Crippen molar-refractivity contribution < 1.29 is 19.0 Å². The number of benzene rings is 3. The average Bonchev–Trinajstić information content (AvgIpc) is 2.70. The smallest absolute Gasteiger partial charge is 0.203 e. The van der Waals surface area contributed by atoms with Gasteiger partial charge in [0.2, 0.25) is 5.75 Å². The summed E-state index contributed by atoms with van der Waals surface area (Å²) >= 11 is 0. The third-order valence-electron chi connectivity index (χ3n) is 4.17. The molecule has 4 heteroatoms. The Bertz CT molecular complexity index is 943. The maximum Gasteiger partial charge on any atom is 0.203 e. The van der Waals surface area contributed by atoms with Gasteiger partial charge < -0.3 is 14.2 Å². The van der Waals surface area contributed by atoms with E-state index in [-0.39, 0.29) is 5.78 Å². The maximum absolute atomic E-state index is 12.7. The van der Waals surface area contributed by atoms with Crippen LogP contribution in [0.4, 0.5) is 0 Å². The van der Waals surface area contributed by atoms with Gasteiger partial charge in [0, 0.05) is 5.56 Å². The molecule has 0 unspecified atom stereocenters. The Morgan fingerprint density at radius 3 is 2.15 bits per heavy atom. The summed E-state index contributed by atoms with van der Waals surface area (Å²) in [6.07, 6.45) is 3.30. The van der Waals surface area contributed by atoms with E-state index in [4.69, 9.17) is 14.2 Å². The van der Waals surface area contributed by atoms with Crippen molar-refractivity contribution in [3.63, 3.8) is 0 Å². The first kappa shape index (κ1) is 17.5. The van der Waals surface area contributed by atoms with Gasteiger partial charge in [0.15, 0.2) is 17.3 Å². The lowest BCUT2D eigenvalue weighted by Crippen LogP contribution is -1.97. The fourth-order valence-corrected chi connectivity index (χ4v) is 2.90. The number of hydrogen-bond donors (Lipinski definition) is 0. The molecule has 0 aliphatic rings. The van der Waals surface area contributed by atoms with Crippen molar-refractivity contribution in [1.82, 2.24) is 0 Å². The third-order valence-corrected chi connectivity index (χ3v) is 4.17. The molecule has 0 atom stereocenters. The first-order valence-electron chi connectivity index (χ1n) is 8.18. The molecule has 3 aromatic carbocycles. The van der Waals surface area contributed by atoms with Crippen molar-refractivity contribution in [2.75, 3.05) is 21.3 Å². The zero-order valence-corrected chi connectivity index (χ0v) is 15.0. The molecule has 0 amide bonds. The number of carbonyl (C=O) groups is 1. The van der Waals surface area contributed by atoms with Gasteiger partial charge in [-0.2, -0.15) is 0 Å². The number of allylic oxidation sites excluding steroid dienone is 1. The van der Waals surface area contributed by atoms with Crippen LogP contribution in [-0.2, 0) is 0 Å². The molecule has 0 radical (unpaired) electrons. The summed E-state index contributed by atoms with van der Waals surface area (Å²) in [4.78, 5) is 12.7. The molecule has 3 aromatic rings. The van der Waals surface area contributed by atoms with Crippen LogP contribution in [0.1, 0.15) is 15.9 Å². The van der Waals surface area contributed by atoms with Crippen molar-refractivity contribution in [3.8, 4) is 17.2 Å². The monoisotopic (exact) mass is 348 g/mol. The molecule has 0 N–H and O–H groups in total. The lowest BCUT2D eigenvalue weighted by atomic mass is 10.0. The molecule has 4 nitrogen and oxygen atoms in total. The first-order valence-corrected chi connectivity index (χ1v) is 8.18. The van der Waals surface area contributed by atoms with Crippen LogP contribution in [0, 0.1) is 0 Å². The van der Waals surface area contributed by atoms with Crippen LogP contribution >= 0.6 is 0 Å². The second kappa shape index (κ2) is 7.74. The van der Waals surface area contributed by atoms with E-state index in [0.29, 0.717) is 22.8 Å². The van der Waals surface area contributed by atoms with Gasteiger partial charge in [-0.05, 0) is 34.5 Å². The number of ketones is 1. The molecule has 0 heterocycles. The van der Waals surface area contributed by atoms with Crippen LogP contribution in [0.5, 0.6) is 17.2 Å². The average molecular weight is 348 g/mol. The molecule has 0 aliphatic heterocycles. The zero-order valence-electron chi connectivity index (χ0n) is 15.0. The van der Waals surface area contributed by atoms with Crippen LogP contribution in [-0.4, -0.2) is 27.1 Å². The Hall–Kier alpha value is -3.27. The maximum atomic E-state index is 12.7. The van der Waals surface area contributed by atoms with Gasteiger partial charge in [0.25, 0.3) is 0 Å². The van der Waals surface area contributed by atoms with Gasteiger partial charge in [-0.15, -0.1) is 0 Å². The Balaban J connectivity index is 1.95. The molecule has 26 heavy (non-hydrogen) atoms. The van der Waals surface area contributed by atoms with Crippen LogP contribution in [0.2, 0.25) is 0 Å². The predicted molar refractivity (Wildman–Crippen MR) is 103 cm³/mol. The molecule has 0 spiro atoms. The van der Waals surface area contributed by atoms with Gasteiger partial charge >= 0.3 is 0 Å². The molecular formula is C22H20O4. The highest BCUT2D eigenvalue weighted by atomic mass is 16.5. The van der Waals surface area contributed by atoms with E-state index < -0.39 is 0 Å². The Labute approximate surface area is 152 Å².